The number of rotatable bonds is 7. The monoisotopic (exact) mass is 491 g/mol. The summed E-state index contributed by atoms with van der Waals surface area (Å²) in [5.74, 6) is 2.77. The molecular formula is C19H34IN5O2. The molecule has 1 fully saturated rings. The maximum Gasteiger partial charge on any atom is 0.220 e. The Morgan fingerprint density at radius 1 is 1.37 bits per heavy atom. The topological polar surface area (TPSA) is 82.8 Å². The van der Waals surface area contributed by atoms with E-state index in [0.29, 0.717) is 24.8 Å². The number of hydrogen-bond acceptors (Lipinski definition) is 4. The summed E-state index contributed by atoms with van der Waals surface area (Å²) in [6.07, 6.45) is 4.78. The summed E-state index contributed by atoms with van der Waals surface area (Å²) in [6, 6.07) is 2.05. The zero-order valence-corrected chi connectivity index (χ0v) is 19.3. The first-order valence-electron chi connectivity index (χ1n) is 9.72. The Bertz CT molecular complexity index is 593. The van der Waals surface area contributed by atoms with Gasteiger partial charge in [-0.15, -0.1) is 24.0 Å². The Kier molecular flexibility index (Phi) is 10.7. The highest BCUT2D eigenvalue weighted by atomic mass is 127. The van der Waals surface area contributed by atoms with E-state index in [0.717, 1.165) is 56.2 Å². The van der Waals surface area contributed by atoms with Gasteiger partial charge in [0.1, 0.15) is 0 Å². The molecule has 0 radical (unpaired) electrons. The molecule has 0 bridgehead atoms. The van der Waals surface area contributed by atoms with Crippen LogP contribution < -0.4 is 10.6 Å². The molecule has 1 aliphatic heterocycles. The predicted molar refractivity (Wildman–Crippen MR) is 118 cm³/mol. The Labute approximate surface area is 179 Å². The van der Waals surface area contributed by atoms with Crippen molar-refractivity contribution in [2.45, 2.75) is 58.4 Å². The summed E-state index contributed by atoms with van der Waals surface area (Å²) in [4.78, 5) is 18.2. The van der Waals surface area contributed by atoms with Crippen LogP contribution in [-0.2, 0) is 11.3 Å². The van der Waals surface area contributed by atoms with E-state index in [1.807, 2.05) is 6.07 Å². The molecule has 1 saturated heterocycles. The fourth-order valence-corrected chi connectivity index (χ4v) is 3.52. The third-order valence-corrected chi connectivity index (χ3v) is 5.28. The number of amides is 1. The zero-order chi connectivity index (χ0) is 18.9. The second-order valence-corrected chi connectivity index (χ2v) is 6.94. The van der Waals surface area contributed by atoms with Crippen LogP contribution in [0.4, 0.5) is 0 Å². The molecule has 154 valence electrons. The molecule has 27 heavy (non-hydrogen) atoms. The molecule has 2 heterocycles. The van der Waals surface area contributed by atoms with E-state index in [2.05, 4.69) is 39.5 Å². The number of nitrogens with one attached hydrogen (secondary N) is 2. The van der Waals surface area contributed by atoms with Crippen molar-refractivity contribution in [1.82, 2.24) is 20.7 Å². The highest BCUT2D eigenvalue weighted by Gasteiger charge is 2.23. The lowest BCUT2D eigenvalue weighted by atomic mass is 9.93. The van der Waals surface area contributed by atoms with Gasteiger partial charge in [-0.2, -0.15) is 0 Å². The van der Waals surface area contributed by atoms with E-state index in [9.17, 15) is 4.79 Å². The van der Waals surface area contributed by atoms with E-state index < -0.39 is 0 Å². The van der Waals surface area contributed by atoms with Gasteiger partial charge in [-0.3, -0.25) is 9.79 Å². The van der Waals surface area contributed by atoms with Crippen LogP contribution in [0.15, 0.2) is 15.6 Å². The van der Waals surface area contributed by atoms with Gasteiger partial charge >= 0.3 is 0 Å². The molecule has 1 aromatic rings. The summed E-state index contributed by atoms with van der Waals surface area (Å²) in [5, 5.41) is 10.3. The quantitative estimate of drug-likeness (QED) is 0.348. The molecule has 8 heteroatoms. The molecule has 0 spiro atoms. The summed E-state index contributed by atoms with van der Waals surface area (Å²) in [6.45, 7) is 6.76. The summed E-state index contributed by atoms with van der Waals surface area (Å²) in [5.41, 5.74) is 1.04. The average Bonchev–Trinajstić information content (AvgIpc) is 3.13. The van der Waals surface area contributed by atoms with E-state index in [4.69, 9.17) is 4.52 Å². The number of carbonyl (C=O) groups is 1. The second-order valence-electron chi connectivity index (χ2n) is 6.94. The number of nitrogens with zero attached hydrogens (tertiary/aromatic N) is 3. The highest BCUT2D eigenvalue weighted by molar-refractivity contribution is 14.0. The molecule has 2 rings (SSSR count). The van der Waals surface area contributed by atoms with Crippen LogP contribution in [0, 0.1) is 5.92 Å². The number of hydrogen-bond donors (Lipinski definition) is 2. The third kappa shape index (κ3) is 6.97. The molecule has 7 nitrogen and oxygen atoms in total. The number of halogens is 1. The van der Waals surface area contributed by atoms with Crippen molar-refractivity contribution in [1.29, 1.82) is 0 Å². The SMILES string of the molecule is CCC(CC)c1cc(CNC(=NC)N2CCC(CC(=O)NC)CC2)on1.I. The van der Waals surface area contributed by atoms with Crippen molar-refractivity contribution < 1.29 is 9.32 Å². The number of carbonyl (C=O) groups excluding carboxylic acids is 1. The minimum Gasteiger partial charge on any atom is -0.359 e. The van der Waals surface area contributed by atoms with Crippen LogP contribution in [0.25, 0.3) is 0 Å². The lowest BCUT2D eigenvalue weighted by Crippen LogP contribution is -2.45. The number of piperidine rings is 1. The van der Waals surface area contributed by atoms with Gasteiger partial charge in [0.15, 0.2) is 11.7 Å². The second kappa shape index (κ2) is 12.2. The molecule has 0 unspecified atom stereocenters. The Morgan fingerprint density at radius 2 is 2.04 bits per heavy atom. The first-order chi connectivity index (χ1) is 12.6. The van der Waals surface area contributed by atoms with Gasteiger partial charge in [0.05, 0.1) is 12.2 Å². The van der Waals surface area contributed by atoms with Crippen molar-refractivity contribution in [3.05, 3.63) is 17.5 Å². The number of likely N-dealkylation sites (tertiary alicyclic amines) is 1. The van der Waals surface area contributed by atoms with Gasteiger partial charge in [-0.25, -0.2) is 0 Å². The van der Waals surface area contributed by atoms with Crippen LogP contribution >= 0.6 is 24.0 Å². The maximum atomic E-state index is 11.5. The normalized spacial score (nSPS) is 15.6. The molecule has 2 N–H and O–H groups in total. The smallest absolute Gasteiger partial charge is 0.220 e. The Hall–Kier alpha value is -1.32. The lowest BCUT2D eigenvalue weighted by molar-refractivity contribution is -0.121. The van der Waals surface area contributed by atoms with Crippen LogP contribution in [-0.4, -0.2) is 49.1 Å². The molecule has 0 aliphatic carbocycles. The van der Waals surface area contributed by atoms with Crippen molar-refractivity contribution in [3.8, 4) is 0 Å². The Balaban J connectivity index is 0.00000364. The van der Waals surface area contributed by atoms with Gasteiger partial charge in [-0.05, 0) is 31.6 Å². The summed E-state index contributed by atoms with van der Waals surface area (Å²) < 4.78 is 5.47. The number of aromatic nitrogens is 1. The minimum atomic E-state index is 0. The molecule has 1 aliphatic rings. The minimum absolute atomic E-state index is 0. The van der Waals surface area contributed by atoms with E-state index in [1.54, 1.807) is 14.1 Å². The Morgan fingerprint density at radius 3 is 2.59 bits per heavy atom. The first-order valence-corrected chi connectivity index (χ1v) is 9.72. The predicted octanol–water partition coefficient (Wildman–Crippen LogP) is 3.12. The van der Waals surface area contributed by atoms with Gasteiger partial charge in [0.25, 0.3) is 0 Å². The van der Waals surface area contributed by atoms with Gasteiger partial charge in [0, 0.05) is 45.6 Å². The maximum absolute atomic E-state index is 11.5. The van der Waals surface area contributed by atoms with E-state index in [-0.39, 0.29) is 29.9 Å². The standard InChI is InChI=1S/C19H33N5O2.HI/c1-5-15(6-2)17-12-16(26-23-17)13-22-19(21-4)24-9-7-14(8-10-24)11-18(25)20-3;/h12,14-15H,5-11,13H2,1-4H3,(H,20,25)(H,21,22);1H. The zero-order valence-electron chi connectivity index (χ0n) is 17.0. The fourth-order valence-electron chi connectivity index (χ4n) is 3.52. The fraction of sp³-hybridized carbons (Fsp3) is 0.737. The van der Waals surface area contributed by atoms with E-state index >= 15 is 0 Å². The van der Waals surface area contributed by atoms with Gasteiger partial charge < -0.3 is 20.1 Å². The van der Waals surface area contributed by atoms with Crippen molar-refractivity contribution in [2.24, 2.45) is 10.9 Å². The summed E-state index contributed by atoms with van der Waals surface area (Å²) >= 11 is 0. The molecule has 0 atom stereocenters. The largest absolute Gasteiger partial charge is 0.359 e. The molecule has 0 aromatic carbocycles. The molecule has 1 amide bonds. The van der Waals surface area contributed by atoms with Crippen LogP contribution in [0.2, 0.25) is 0 Å². The number of aliphatic imine (C=N–C) groups is 1. The molecule has 0 saturated carbocycles. The van der Waals surface area contributed by atoms with Crippen LogP contribution in [0.1, 0.15) is 63.3 Å². The highest BCUT2D eigenvalue weighted by Crippen LogP contribution is 2.23. The van der Waals surface area contributed by atoms with Crippen molar-refractivity contribution in [2.75, 3.05) is 27.2 Å². The number of guanidine groups is 1. The van der Waals surface area contributed by atoms with E-state index in [1.165, 1.54) is 0 Å². The lowest BCUT2D eigenvalue weighted by Gasteiger charge is -2.33. The van der Waals surface area contributed by atoms with Crippen LogP contribution in [0.5, 0.6) is 0 Å². The van der Waals surface area contributed by atoms with Gasteiger partial charge in [0.2, 0.25) is 5.91 Å². The molecular weight excluding hydrogens is 457 g/mol. The van der Waals surface area contributed by atoms with Crippen molar-refractivity contribution in [3.63, 3.8) is 0 Å². The first kappa shape index (κ1) is 23.7. The molecule has 1 aromatic heterocycles. The summed E-state index contributed by atoms with van der Waals surface area (Å²) in [7, 11) is 3.50. The van der Waals surface area contributed by atoms with Gasteiger partial charge in [-0.1, -0.05) is 19.0 Å². The third-order valence-electron chi connectivity index (χ3n) is 5.28. The van der Waals surface area contributed by atoms with Crippen molar-refractivity contribution >= 4 is 35.8 Å². The average molecular weight is 491 g/mol. The van der Waals surface area contributed by atoms with Crippen LogP contribution in [0.3, 0.4) is 0 Å².